The molecule has 0 bridgehead atoms. The Labute approximate surface area is 144 Å². The highest BCUT2D eigenvalue weighted by molar-refractivity contribution is 5.89. The van der Waals surface area contributed by atoms with Crippen molar-refractivity contribution in [3.05, 3.63) is 35.4 Å². The molecule has 0 spiro atoms. The van der Waals surface area contributed by atoms with E-state index in [-0.39, 0.29) is 29.8 Å². The molecule has 2 unspecified atom stereocenters. The summed E-state index contributed by atoms with van der Waals surface area (Å²) in [4.78, 5) is 14.9. The van der Waals surface area contributed by atoms with Crippen LogP contribution >= 0.6 is 12.4 Å². The predicted molar refractivity (Wildman–Crippen MR) is 93.5 cm³/mol. The van der Waals surface area contributed by atoms with Gasteiger partial charge in [0.05, 0.1) is 6.10 Å². The zero-order valence-corrected chi connectivity index (χ0v) is 15.0. The lowest BCUT2D eigenvalue weighted by atomic mass is 9.54. The summed E-state index contributed by atoms with van der Waals surface area (Å²) in [6, 6.07) is 8.34. The van der Waals surface area contributed by atoms with Gasteiger partial charge in [-0.1, -0.05) is 38.1 Å². The van der Waals surface area contributed by atoms with Crippen LogP contribution in [0.3, 0.4) is 0 Å². The Hall–Kier alpha value is -1.10. The second-order valence-electron chi connectivity index (χ2n) is 7.09. The van der Waals surface area contributed by atoms with E-state index in [1.807, 2.05) is 31.7 Å². The van der Waals surface area contributed by atoms with Gasteiger partial charge >= 0.3 is 0 Å². The van der Waals surface area contributed by atoms with Crippen molar-refractivity contribution in [1.82, 2.24) is 4.90 Å². The molecule has 128 valence electrons. The van der Waals surface area contributed by atoms with Gasteiger partial charge in [-0.25, -0.2) is 0 Å². The van der Waals surface area contributed by atoms with Crippen LogP contribution in [0.2, 0.25) is 0 Å². The van der Waals surface area contributed by atoms with E-state index in [0.717, 1.165) is 13.0 Å². The van der Waals surface area contributed by atoms with Gasteiger partial charge in [0.1, 0.15) is 5.54 Å². The fraction of sp³-hybridized carbons (Fsp3) is 0.611. The molecule has 0 radical (unpaired) electrons. The van der Waals surface area contributed by atoms with Crippen molar-refractivity contribution in [1.29, 1.82) is 0 Å². The lowest BCUT2D eigenvalue weighted by Gasteiger charge is -2.58. The van der Waals surface area contributed by atoms with Gasteiger partial charge in [0.2, 0.25) is 5.91 Å². The number of hydrogen-bond donors (Lipinski definition) is 1. The first-order valence-corrected chi connectivity index (χ1v) is 8.17. The summed E-state index contributed by atoms with van der Waals surface area (Å²) in [6.45, 7) is 8.16. The SMILES string of the molecule is CCOC1CC(N)(C(=O)N2CCc3ccccc3C2)C1(C)C.Cl. The lowest BCUT2D eigenvalue weighted by Crippen LogP contribution is -2.76. The molecule has 1 fully saturated rings. The van der Waals surface area contributed by atoms with Crippen LogP contribution in [0.5, 0.6) is 0 Å². The summed E-state index contributed by atoms with van der Waals surface area (Å²) >= 11 is 0. The van der Waals surface area contributed by atoms with E-state index in [9.17, 15) is 4.79 Å². The van der Waals surface area contributed by atoms with Crippen LogP contribution < -0.4 is 5.73 Å². The number of hydrogen-bond acceptors (Lipinski definition) is 3. The van der Waals surface area contributed by atoms with Crippen LogP contribution in [-0.2, 0) is 22.5 Å². The predicted octanol–water partition coefficient (Wildman–Crippen LogP) is 2.53. The maximum atomic E-state index is 13.0. The first kappa shape index (κ1) is 18.2. The molecule has 1 aromatic carbocycles. The second-order valence-corrected chi connectivity index (χ2v) is 7.09. The van der Waals surface area contributed by atoms with Crippen molar-refractivity contribution in [2.45, 2.75) is 51.8 Å². The summed E-state index contributed by atoms with van der Waals surface area (Å²) in [5.74, 6) is 0.0722. The van der Waals surface area contributed by atoms with Crippen LogP contribution in [0.25, 0.3) is 0 Å². The number of ether oxygens (including phenoxy) is 1. The van der Waals surface area contributed by atoms with Crippen molar-refractivity contribution in [3.8, 4) is 0 Å². The van der Waals surface area contributed by atoms with Gasteiger partial charge in [-0.2, -0.15) is 0 Å². The molecule has 5 heteroatoms. The zero-order chi connectivity index (χ0) is 16.0. The molecule has 1 saturated carbocycles. The molecule has 2 aliphatic rings. The molecule has 1 aliphatic carbocycles. The smallest absolute Gasteiger partial charge is 0.243 e. The van der Waals surface area contributed by atoms with Gasteiger partial charge in [-0.05, 0) is 24.5 Å². The first-order valence-electron chi connectivity index (χ1n) is 8.17. The van der Waals surface area contributed by atoms with Crippen molar-refractivity contribution in [2.75, 3.05) is 13.2 Å². The lowest BCUT2D eigenvalue weighted by molar-refractivity contribution is -0.180. The van der Waals surface area contributed by atoms with E-state index in [2.05, 4.69) is 18.2 Å². The number of halogens is 1. The number of carbonyl (C=O) groups excluding carboxylic acids is 1. The van der Waals surface area contributed by atoms with E-state index < -0.39 is 5.54 Å². The Kier molecular flexibility index (Phi) is 5.09. The second kappa shape index (κ2) is 6.42. The minimum absolute atomic E-state index is 0. The summed E-state index contributed by atoms with van der Waals surface area (Å²) in [6.07, 6.45) is 1.60. The molecule has 0 aromatic heterocycles. The molecule has 23 heavy (non-hydrogen) atoms. The zero-order valence-electron chi connectivity index (χ0n) is 14.2. The third kappa shape index (κ3) is 2.77. The molecule has 2 N–H and O–H groups in total. The average molecular weight is 339 g/mol. The minimum atomic E-state index is -0.806. The largest absolute Gasteiger partial charge is 0.378 e. The molecule has 4 nitrogen and oxygen atoms in total. The Bertz CT molecular complexity index is 590. The molecule has 1 amide bonds. The summed E-state index contributed by atoms with van der Waals surface area (Å²) in [7, 11) is 0. The van der Waals surface area contributed by atoms with Crippen molar-refractivity contribution in [2.24, 2.45) is 11.1 Å². The van der Waals surface area contributed by atoms with Gasteiger partial charge in [0, 0.05) is 31.5 Å². The number of carbonyl (C=O) groups is 1. The average Bonchev–Trinajstić information content (AvgIpc) is 2.53. The van der Waals surface area contributed by atoms with Crippen molar-refractivity contribution >= 4 is 18.3 Å². The maximum Gasteiger partial charge on any atom is 0.243 e. The standard InChI is InChI=1S/C18H26N2O2.ClH/c1-4-22-15-11-18(19,17(15,2)3)16(21)20-10-9-13-7-5-6-8-14(13)12-20;/h5-8,15H,4,9-12,19H2,1-3H3;1H. The minimum Gasteiger partial charge on any atom is -0.378 e. The summed E-state index contributed by atoms with van der Waals surface area (Å²) < 4.78 is 5.73. The van der Waals surface area contributed by atoms with Crippen LogP contribution in [0, 0.1) is 5.41 Å². The summed E-state index contributed by atoms with van der Waals surface area (Å²) in [5, 5.41) is 0. The van der Waals surface area contributed by atoms with Crippen LogP contribution in [-0.4, -0.2) is 35.6 Å². The normalized spacial score (nSPS) is 28.3. The van der Waals surface area contributed by atoms with E-state index in [0.29, 0.717) is 19.6 Å². The van der Waals surface area contributed by atoms with E-state index in [4.69, 9.17) is 10.5 Å². The Balaban J connectivity index is 0.00000192. The van der Waals surface area contributed by atoms with E-state index in [1.54, 1.807) is 0 Å². The van der Waals surface area contributed by atoms with Crippen LogP contribution in [0.4, 0.5) is 0 Å². The number of fused-ring (bicyclic) bond motifs is 1. The van der Waals surface area contributed by atoms with Gasteiger partial charge in [-0.3, -0.25) is 4.79 Å². The molecule has 3 rings (SSSR count). The number of rotatable bonds is 3. The van der Waals surface area contributed by atoms with Crippen molar-refractivity contribution < 1.29 is 9.53 Å². The van der Waals surface area contributed by atoms with Gasteiger partial charge < -0.3 is 15.4 Å². The number of nitrogens with two attached hydrogens (primary N) is 1. The van der Waals surface area contributed by atoms with Crippen LogP contribution in [0.1, 0.15) is 38.3 Å². The third-order valence-corrected chi connectivity index (χ3v) is 5.63. The number of benzene rings is 1. The Morgan fingerprint density at radius 3 is 2.61 bits per heavy atom. The fourth-order valence-corrected chi connectivity index (χ4v) is 3.75. The molecule has 2 atom stereocenters. The number of amides is 1. The molecule has 1 aromatic rings. The highest BCUT2D eigenvalue weighted by atomic mass is 35.5. The summed E-state index contributed by atoms with van der Waals surface area (Å²) in [5.41, 5.74) is 7.98. The highest BCUT2D eigenvalue weighted by Gasteiger charge is 2.63. The van der Waals surface area contributed by atoms with Crippen LogP contribution in [0.15, 0.2) is 24.3 Å². The quantitative estimate of drug-likeness (QED) is 0.921. The number of nitrogens with zero attached hydrogens (tertiary/aromatic N) is 1. The fourth-order valence-electron chi connectivity index (χ4n) is 3.75. The monoisotopic (exact) mass is 338 g/mol. The third-order valence-electron chi connectivity index (χ3n) is 5.63. The van der Waals surface area contributed by atoms with E-state index in [1.165, 1.54) is 11.1 Å². The van der Waals surface area contributed by atoms with Gasteiger partial charge in [-0.15, -0.1) is 12.4 Å². The van der Waals surface area contributed by atoms with Crippen molar-refractivity contribution in [3.63, 3.8) is 0 Å². The molecule has 1 aliphatic heterocycles. The maximum absolute atomic E-state index is 13.0. The molecular formula is C18H27ClN2O2. The topological polar surface area (TPSA) is 55.6 Å². The molecule has 1 heterocycles. The Morgan fingerprint density at radius 1 is 1.35 bits per heavy atom. The highest BCUT2D eigenvalue weighted by Crippen LogP contribution is 2.50. The first-order chi connectivity index (χ1) is 10.4. The molecule has 0 saturated heterocycles. The van der Waals surface area contributed by atoms with Gasteiger partial charge in [0.25, 0.3) is 0 Å². The Morgan fingerprint density at radius 2 is 2.00 bits per heavy atom. The van der Waals surface area contributed by atoms with E-state index >= 15 is 0 Å². The van der Waals surface area contributed by atoms with Gasteiger partial charge in [0.15, 0.2) is 0 Å². The molecular weight excluding hydrogens is 312 g/mol.